The molecule has 0 aliphatic rings. The van der Waals surface area contributed by atoms with Crippen molar-refractivity contribution in [3.05, 3.63) is 59.7 Å². The summed E-state index contributed by atoms with van der Waals surface area (Å²) in [5, 5.41) is 3.27. The normalized spacial score (nSPS) is 10.8. The van der Waals surface area contributed by atoms with Crippen LogP contribution < -0.4 is 5.32 Å². The maximum absolute atomic E-state index is 13.4. The van der Waals surface area contributed by atoms with Crippen molar-refractivity contribution in [3.63, 3.8) is 0 Å². The van der Waals surface area contributed by atoms with Gasteiger partial charge in [-0.2, -0.15) is 0 Å². The third kappa shape index (κ3) is 4.32. The third-order valence-electron chi connectivity index (χ3n) is 2.81. The molecule has 0 radical (unpaired) electrons. The van der Waals surface area contributed by atoms with E-state index >= 15 is 0 Å². The summed E-state index contributed by atoms with van der Waals surface area (Å²) in [6.07, 6.45) is 1.04. The smallest absolute Gasteiger partial charge is 0.123 e. The molecule has 0 spiro atoms. The van der Waals surface area contributed by atoms with Gasteiger partial charge in [0, 0.05) is 16.3 Å². The Bertz CT molecular complexity index is 555. The topological polar surface area (TPSA) is 12.0 Å². The molecule has 2 aromatic carbocycles. The lowest BCUT2D eigenvalue weighted by molar-refractivity contribution is 0.615. The van der Waals surface area contributed by atoms with E-state index in [4.69, 9.17) is 0 Å². The first-order valence-electron chi connectivity index (χ1n) is 6.61. The van der Waals surface area contributed by atoms with Crippen molar-refractivity contribution in [2.75, 3.05) is 6.54 Å². The second-order valence-electron chi connectivity index (χ2n) is 4.48. The van der Waals surface area contributed by atoms with Gasteiger partial charge in [0.15, 0.2) is 0 Å². The fourth-order valence-corrected chi connectivity index (χ4v) is 2.74. The Kier molecular flexibility index (Phi) is 5.56. The maximum atomic E-state index is 13.4. The minimum absolute atomic E-state index is 0.234. The van der Waals surface area contributed by atoms with Crippen molar-refractivity contribution in [1.29, 1.82) is 0 Å². The third-order valence-corrected chi connectivity index (χ3v) is 3.93. The molecule has 0 aromatic heterocycles. The van der Waals surface area contributed by atoms with Gasteiger partial charge >= 0.3 is 0 Å². The molecule has 2 rings (SSSR count). The lowest BCUT2D eigenvalue weighted by Crippen LogP contribution is -2.14. The van der Waals surface area contributed by atoms with Gasteiger partial charge in [-0.3, -0.25) is 0 Å². The van der Waals surface area contributed by atoms with E-state index in [1.807, 2.05) is 0 Å². The summed E-state index contributed by atoms with van der Waals surface area (Å²) in [7, 11) is 0. The van der Waals surface area contributed by atoms with Crippen LogP contribution in [0.5, 0.6) is 0 Å². The average molecular weight is 293 g/mol. The zero-order valence-corrected chi connectivity index (χ0v) is 12.1. The van der Waals surface area contributed by atoms with Gasteiger partial charge in [-0.25, -0.2) is 8.78 Å². The highest BCUT2D eigenvalue weighted by molar-refractivity contribution is 7.99. The van der Waals surface area contributed by atoms with E-state index in [2.05, 4.69) is 12.2 Å². The van der Waals surface area contributed by atoms with Crippen LogP contribution in [0.1, 0.15) is 18.9 Å². The van der Waals surface area contributed by atoms with Gasteiger partial charge < -0.3 is 5.32 Å². The fraction of sp³-hybridized carbons (Fsp3) is 0.250. The summed E-state index contributed by atoms with van der Waals surface area (Å²) < 4.78 is 26.3. The summed E-state index contributed by atoms with van der Waals surface area (Å²) in [5.41, 5.74) is 0.924. The molecule has 0 aliphatic carbocycles. The summed E-state index contributed by atoms with van der Waals surface area (Å²) in [6, 6.07) is 11.1. The molecule has 0 saturated heterocycles. The molecule has 20 heavy (non-hydrogen) atoms. The second-order valence-corrected chi connectivity index (χ2v) is 5.60. The Morgan fingerprint density at radius 1 is 1.00 bits per heavy atom. The number of halogens is 2. The first-order valence-corrected chi connectivity index (χ1v) is 7.43. The van der Waals surface area contributed by atoms with Crippen molar-refractivity contribution in [2.24, 2.45) is 0 Å². The number of hydrogen-bond acceptors (Lipinski definition) is 2. The predicted molar refractivity (Wildman–Crippen MR) is 78.9 cm³/mol. The Labute approximate surface area is 122 Å². The second kappa shape index (κ2) is 7.41. The lowest BCUT2D eigenvalue weighted by Gasteiger charge is -2.10. The standard InChI is InChI=1S/C16H17F2NS/c1-2-9-19-11-12-10-14(18)5-8-16(12)20-15-6-3-13(17)4-7-15/h3-8,10,19H,2,9,11H2,1H3. The molecular formula is C16H17F2NS. The SMILES string of the molecule is CCCNCc1cc(F)ccc1Sc1ccc(F)cc1. The monoisotopic (exact) mass is 293 g/mol. The highest BCUT2D eigenvalue weighted by atomic mass is 32.2. The molecule has 0 heterocycles. The summed E-state index contributed by atoms with van der Waals surface area (Å²) in [6.45, 7) is 3.62. The molecule has 0 atom stereocenters. The predicted octanol–water partition coefficient (Wildman–Crippen LogP) is 4.62. The van der Waals surface area contributed by atoms with Crippen molar-refractivity contribution in [3.8, 4) is 0 Å². The van der Waals surface area contributed by atoms with Crippen LogP contribution in [0.3, 0.4) is 0 Å². The molecule has 4 heteroatoms. The largest absolute Gasteiger partial charge is 0.313 e. The number of benzene rings is 2. The molecule has 0 fully saturated rings. The molecule has 1 N–H and O–H groups in total. The Morgan fingerprint density at radius 2 is 1.70 bits per heavy atom. The van der Waals surface area contributed by atoms with E-state index < -0.39 is 0 Å². The average Bonchev–Trinajstić information content (AvgIpc) is 2.44. The van der Waals surface area contributed by atoms with Crippen molar-refractivity contribution < 1.29 is 8.78 Å². The fourth-order valence-electron chi connectivity index (χ4n) is 1.82. The zero-order valence-electron chi connectivity index (χ0n) is 11.3. The molecule has 2 aromatic rings. The Hall–Kier alpha value is -1.39. The van der Waals surface area contributed by atoms with Crippen LogP contribution in [-0.2, 0) is 6.54 Å². The van der Waals surface area contributed by atoms with E-state index in [-0.39, 0.29) is 11.6 Å². The molecule has 0 aliphatic heterocycles. The van der Waals surface area contributed by atoms with Gasteiger partial charge in [-0.05, 0) is 61.0 Å². The quantitative estimate of drug-likeness (QED) is 0.780. The number of nitrogens with one attached hydrogen (secondary N) is 1. The highest BCUT2D eigenvalue weighted by Gasteiger charge is 2.06. The van der Waals surface area contributed by atoms with Crippen LogP contribution >= 0.6 is 11.8 Å². The summed E-state index contributed by atoms with van der Waals surface area (Å²) in [4.78, 5) is 1.93. The molecular weight excluding hydrogens is 276 g/mol. The van der Waals surface area contributed by atoms with Gasteiger partial charge in [-0.15, -0.1) is 0 Å². The van der Waals surface area contributed by atoms with Gasteiger partial charge in [-0.1, -0.05) is 18.7 Å². The van der Waals surface area contributed by atoms with E-state index in [9.17, 15) is 8.78 Å². The van der Waals surface area contributed by atoms with Crippen molar-refractivity contribution >= 4 is 11.8 Å². The Balaban J connectivity index is 2.15. The highest BCUT2D eigenvalue weighted by Crippen LogP contribution is 2.31. The van der Waals surface area contributed by atoms with E-state index in [0.29, 0.717) is 6.54 Å². The van der Waals surface area contributed by atoms with Gasteiger partial charge in [0.2, 0.25) is 0 Å². The van der Waals surface area contributed by atoms with E-state index in [1.165, 1.54) is 30.0 Å². The minimum atomic E-state index is -0.252. The van der Waals surface area contributed by atoms with E-state index in [0.717, 1.165) is 28.3 Å². The van der Waals surface area contributed by atoms with Crippen LogP contribution in [0, 0.1) is 11.6 Å². The zero-order chi connectivity index (χ0) is 14.4. The molecule has 0 bridgehead atoms. The van der Waals surface area contributed by atoms with E-state index in [1.54, 1.807) is 24.3 Å². The van der Waals surface area contributed by atoms with Crippen molar-refractivity contribution in [2.45, 2.75) is 29.7 Å². The maximum Gasteiger partial charge on any atom is 0.123 e. The Morgan fingerprint density at radius 3 is 2.40 bits per heavy atom. The van der Waals surface area contributed by atoms with Crippen LogP contribution in [0.15, 0.2) is 52.3 Å². The van der Waals surface area contributed by atoms with Gasteiger partial charge in [0.05, 0.1) is 0 Å². The number of hydrogen-bond donors (Lipinski definition) is 1. The van der Waals surface area contributed by atoms with Crippen LogP contribution in [0.4, 0.5) is 8.78 Å². The summed E-state index contributed by atoms with van der Waals surface area (Å²) >= 11 is 1.52. The first kappa shape index (κ1) is 15.0. The summed E-state index contributed by atoms with van der Waals surface area (Å²) in [5.74, 6) is -0.486. The molecule has 0 saturated carbocycles. The van der Waals surface area contributed by atoms with Crippen molar-refractivity contribution in [1.82, 2.24) is 5.32 Å². The molecule has 106 valence electrons. The molecule has 1 nitrogen and oxygen atoms in total. The molecule has 0 unspecified atom stereocenters. The lowest BCUT2D eigenvalue weighted by atomic mass is 10.2. The van der Waals surface area contributed by atoms with Crippen LogP contribution in [0.2, 0.25) is 0 Å². The molecule has 0 amide bonds. The van der Waals surface area contributed by atoms with Gasteiger partial charge in [0.25, 0.3) is 0 Å². The van der Waals surface area contributed by atoms with Crippen LogP contribution in [0.25, 0.3) is 0 Å². The van der Waals surface area contributed by atoms with Crippen LogP contribution in [-0.4, -0.2) is 6.54 Å². The van der Waals surface area contributed by atoms with Gasteiger partial charge in [0.1, 0.15) is 11.6 Å². The first-order chi connectivity index (χ1) is 9.69. The number of rotatable bonds is 6. The minimum Gasteiger partial charge on any atom is -0.313 e.